The lowest BCUT2D eigenvalue weighted by atomic mass is 9.74. The van der Waals surface area contributed by atoms with Crippen LogP contribution in [-0.2, 0) is 16.0 Å². The molecule has 0 bridgehead atoms. The van der Waals surface area contributed by atoms with Gasteiger partial charge >= 0.3 is 0 Å². The third-order valence-electron chi connectivity index (χ3n) is 6.83. The lowest BCUT2D eigenvalue weighted by Gasteiger charge is -2.36. The van der Waals surface area contributed by atoms with Crippen LogP contribution in [0.1, 0.15) is 38.2 Å². The molecule has 3 heterocycles. The predicted molar refractivity (Wildman–Crippen MR) is 119 cm³/mol. The van der Waals surface area contributed by atoms with E-state index < -0.39 is 0 Å². The highest BCUT2D eigenvalue weighted by Crippen LogP contribution is 2.35. The number of amides is 1. The van der Waals surface area contributed by atoms with Gasteiger partial charge in [-0.25, -0.2) is 0 Å². The van der Waals surface area contributed by atoms with Crippen LogP contribution in [0, 0.1) is 5.41 Å². The fourth-order valence-corrected chi connectivity index (χ4v) is 4.93. The second-order valence-electron chi connectivity index (χ2n) is 8.64. The maximum absolute atomic E-state index is 13.4. The molecule has 5 nitrogen and oxygen atoms in total. The Bertz CT molecular complexity index is 816. The van der Waals surface area contributed by atoms with Gasteiger partial charge in [0.05, 0.1) is 5.41 Å². The Labute approximate surface area is 179 Å². The minimum atomic E-state index is -0.371. The zero-order valence-electron chi connectivity index (χ0n) is 18.0. The quantitative estimate of drug-likeness (QED) is 0.761. The summed E-state index contributed by atoms with van der Waals surface area (Å²) < 4.78 is 5.61. The van der Waals surface area contributed by atoms with Gasteiger partial charge in [0, 0.05) is 38.2 Å². The zero-order chi connectivity index (χ0) is 20.8. The van der Waals surface area contributed by atoms with Gasteiger partial charge in [-0.15, -0.1) is 0 Å². The van der Waals surface area contributed by atoms with Gasteiger partial charge in [-0.1, -0.05) is 37.3 Å². The molecule has 1 unspecified atom stereocenters. The van der Waals surface area contributed by atoms with E-state index in [1.807, 2.05) is 12.3 Å². The number of carbonyl (C=O) groups excluding carboxylic acids is 1. The van der Waals surface area contributed by atoms with Crippen LogP contribution in [0.25, 0.3) is 11.1 Å². The molecule has 0 saturated carbocycles. The maximum Gasteiger partial charge on any atom is 0.226 e. The molecule has 0 aliphatic carbocycles. The monoisotopic (exact) mass is 407 g/mol. The van der Waals surface area contributed by atoms with Crippen LogP contribution in [0.5, 0.6) is 0 Å². The van der Waals surface area contributed by atoms with E-state index in [4.69, 9.17) is 4.74 Å². The fraction of sp³-hybridized carbons (Fsp3) is 0.520. The molecule has 5 heteroatoms. The zero-order valence-corrected chi connectivity index (χ0v) is 18.0. The lowest BCUT2D eigenvalue weighted by molar-refractivity contribution is -0.136. The summed E-state index contributed by atoms with van der Waals surface area (Å²) in [4.78, 5) is 20.1. The number of hydrogen-bond donors (Lipinski definition) is 1. The summed E-state index contributed by atoms with van der Waals surface area (Å²) in [5.41, 5.74) is 3.09. The number of benzene rings is 1. The average molecular weight is 408 g/mol. The van der Waals surface area contributed by atoms with Crippen LogP contribution in [0.15, 0.2) is 48.8 Å². The van der Waals surface area contributed by atoms with Crippen molar-refractivity contribution in [3.8, 4) is 11.1 Å². The van der Waals surface area contributed by atoms with E-state index in [1.165, 1.54) is 18.4 Å². The average Bonchev–Trinajstić information content (AvgIpc) is 3.27. The molecule has 2 aliphatic heterocycles. The van der Waals surface area contributed by atoms with Crippen LogP contribution in [0.2, 0.25) is 0 Å². The summed E-state index contributed by atoms with van der Waals surface area (Å²) in [5, 5.41) is 3.31. The van der Waals surface area contributed by atoms with Crippen molar-refractivity contribution < 1.29 is 9.53 Å². The standard InChI is InChI=1S/C25H33N3O2/c1-2-28-14-4-6-23(28)19-27-24(29)25(11-15-30-16-12-25)17-20-7-9-21(10-8-20)22-5-3-13-26-18-22/h3,5,7-10,13,18,23H,2,4,6,11-12,14-17,19H2,1H3,(H,27,29). The van der Waals surface area contributed by atoms with Gasteiger partial charge < -0.3 is 10.1 Å². The smallest absolute Gasteiger partial charge is 0.226 e. The van der Waals surface area contributed by atoms with Crippen LogP contribution in [0.4, 0.5) is 0 Å². The van der Waals surface area contributed by atoms with E-state index in [0.717, 1.165) is 50.0 Å². The Kier molecular flexibility index (Phi) is 6.80. The molecule has 2 saturated heterocycles. The van der Waals surface area contributed by atoms with Gasteiger partial charge in [0.25, 0.3) is 0 Å². The first-order valence-electron chi connectivity index (χ1n) is 11.3. The Balaban J connectivity index is 1.44. The summed E-state index contributed by atoms with van der Waals surface area (Å²) in [7, 11) is 0. The number of aromatic nitrogens is 1. The molecule has 1 N–H and O–H groups in total. The van der Waals surface area contributed by atoms with Crippen LogP contribution >= 0.6 is 0 Å². The number of carbonyl (C=O) groups is 1. The van der Waals surface area contributed by atoms with Gasteiger partial charge in [0.2, 0.25) is 5.91 Å². The normalized spacial score (nSPS) is 21.4. The van der Waals surface area contributed by atoms with E-state index in [-0.39, 0.29) is 11.3 Å². The van der Waals surface area contributed by atoms with E-state index in [1.54, 1.807) is 6.20 Å². The van der Waals surface area contributed by atoms with Crippen molar-refractivity contribution in [2.75, 3.05) is 32.8 Å². The van der Waals surface area contributed by atoms with Crippen molar-refractivity contribution in [2.45, 2.75) is 45.1 Å². The number of ether oxygens (including phenoxy) is 1. The predicted octanol–water partition coefficient (Wildman–Crippen LogP) is 3.69. The second-order valence-corrected chi connectivity index (χ2v) is 8.64. The first kappa shape index (κ1) is 21.0. The van der Waals surface area contributed by atoms with Gasteiger partial charge in [-0.3, -0.25) is 14.7 Å². The first-order valence-corrected chi connectivity index (χ1v) is 11.3. The number of likely N-dealkylation sites (tertiary alicyclic amines) is 1. The van der Waals surface area contributed by atoms with Gasteiger partial charge in [-0.2, -0.15) is 0 Å². The number of nitrogens with zero attached hydrogens (tertiary/aromatic N) is 2. The third kappa shape index (κ3) is 4.73. The minimum Gasteiger partial charge on any atom is -0.381 e. The largest absolute Gasteiger partial charge is 0.381 e. The highest BCUT2D eigenvalue weighted by atomic mass is 16.5. The molecule has 1 aromatic carbocycles. The number of hydrogen-bond acceptors (Lipinski definition) is 4. The molecule has 2 fully saturated rings. The van der Waals surface area contributed by atoms with Gasteiger partial charge in [0.15, 0.2) is 0 Å². The van der Waals surface area contributed by atoms with E-state index in [9.17, 15) is 4.79 Å². The third-order valence-corrected chi connectivity index (χ3v) is 6.83. The highest BCUT2D eigenvalue weighted by Gasteiger charge is 2.40. The number of likely N-dealkylation sites (N-methyl/N-ethyl adjacent to an activating group) is 1. The van der Waals surface area contributed by atoms with Crippen molar-refractivity contribution in [3.05, 3.63) is 54.4 Å². The van der Waals surface area contributed by atoms with Crippen LogP contribution in [-0.4, -0.2) is 54.7 Å². The Morgan fingerprint density at radius 3 is 2.70 bits per heavy atom. The van der Waals surface area contributed by atoms with Crippen molar-refractivity contribution in [1.29, 1.82) is 0 Å². The van der Waals surface area contributed by atoms with Crippen molar-refractivity contribution in [1.82, 2.24) is 15.2 Å². The van der Waals surface area contributed by atoms with E-state index in [2.05, 4.69) is 52.5 Å². The fourth-order valence-electron chi connectivity index (χ4n) is 4.93. The molecule has 2 aromatic rings. The molecule has 0 spiro atoms. The SMILES string of the molecule is CCN1CCCC1CNC(=O)C1(Cc2ccc(-c3cccnc3)cc2)CCOCC1. The van der Waals surface area contributed by atoms with Crippen molar-refractivity contribution in [3.63, 3.8) is 0 Å². The molecule has 2 aliphatic rings. The molecule has 160 valence electrons. The molecular formula is C25H33N3O2. The lowest BCUT2D eigenvalue weighted by Crippen LogP contribution is -2.49. The summed E-state index contributed by atoms with van der Waals surface area (Å²) in [5.74, 6) is 0.199. The molecule has 1 amide bonds. The number of nitrogens with one attached hydrogen (secondary N) is 1. The van der Waals surface area contributed by atoms with E-state index in [0.29, 0.717) is 19.3 Å². The number of pyridine rings is 1. The summed E-state index contributed by atoms with van der Waals surface area (Å²) >= 11 is 0. The Morgan fingerprint density at radius 1 is 1.20 bits per heavy atom. The minimum absolute atomic E-state index is 0.199. The van der Waals surface area contributed by atoms with Crippen LogP contribution in [0.3, 0.4) is 0 Å². The summed E-state index contributed by atoms with van der Waals surface area (Å²) in [6, 6.07) is 13.1. The topological polar surface area (TPSA) is 54.5 Å². The van der Waals surface area contributed by atoms with Crippen molar-refractivity contribution >= 4 is 5.91 Å². The molecule has 0 radical (unpaired) electrons. The number of rotatable bonds is 7. The molecule has 4 rings (SSSR count). The Morgan fingerprint density at radius 2 is 2.00 bits per heavy atom. The molecule has 1 atom stereocenters. The van der Waals surface area contributed by atoms with E-state index >= 15 is 0 Å². The Hall–Kier alpha value is -2.24. The molecular weight excluding hydrogens is 374 g/mol. The highest BCUT2D eigenvalue weighted by molar-refractivity contribution is 5.83. The van der Waals surface area contributed by atoms with Gasteiger partial charge in [0.1, 0.15) is 0 Å². The second kappa shape index (κ2) is 9.71. The first-order chi connectivity index (χ1) is 14.7. The van der Waals surface area contributed by atoms with Gasteiger partial charge in [-0.05, 0) is 68.0 Å². The summed E-state index contributed by atoms with van der Waals surface area (Å²) in [6.45, 7) is 6.49. The molecule has 1 aromatic heterocycles. The van der Waals surface area contributed by atoms with Crippen molar-refractivity contribution in [2.24, 2.45) is 5.41 Å². The maximum atomic E-state index is 13.4. The molecule has 30 heavy (non-hydrogen) atoms. The summed E-state index contributed by atoms with van der Waals surface area (Å²) in [6.07, 6.45) is 8.41. The van der Waals surface area contributed by atoms with Crippen LogP contribution < -0.4 is 5.32 Å².